The number of carbonyl (C=O) groups excluding carboxylic acids is 1. The molecule has 1 aromatic rings. The number of aryl methyl sites for hydroxylation is 1. The van der Waals surface area contributed by atoms with E-state index in [9.17, 15) is 4.79 Å². The SMILES string of the molecule is COc1cccc(CCCN=C=O)c1. The predicted molar refractivity (Wildman–Crippen MR) is 54.3 cm³/mol. The molecular formula is C11H13NO2. The zero-order chi connectivity index (χ0) is 10.2. The summed E-state index contributed by atoms with van der Waals surface area (Å²) in [6.45, 7) is 0.542. The van der Waals surface area contributed by atoms with E-state index < -0.39 is 0 Å². The van der Waals surface area contributed by atoms with Gasteiger partial charge < -0.3 is 4.74 Å². The van der Waals surface area contributed by atoms with Crippen LogP contribution in [0.25, 0.3) is 0 Å². The molecule has 0 atom stereocenters. The van der Waals surface area contributed by atoms with Crippen molar-refractivity contribution in [3.63, 3.8) is 0 Å². The van der Waals surface area contributed by atoms with Gasteiger partial charge in [-0.1, -0.05) is 12.1 Å². The van der Waals surface area contributed by atoms with Crippen LogP contribution in [0, 0.1) is 0 Å². The maximum absolute atomic E-state index is 9.80. The number of rotatable bonds is 5. The fourth-order valence-electron chi connectivity index (χ4n) is 1.24. The molecule has 74 valence electrons. The summed E-state index contributed by atoms with van der Waals surface area (Å²) in [4.78, 5) is 13.3. The fourth-order valence-corrected chi connectivity index (χ4v) is 1.24. The number of hydrogen-bond acceptors (Lipinski definition) is 3. The lowest BCUT2D eigenvalue weighted by Crippen LogP contribution is -1.90. The van der Waals surface area contributed by atoms with E-state index in [1.807, 2.05) is 24.3 Å². The number of hydrogen-bond donors (Lipinski definition) is 0. The second-order valence-electron chi connectivity index (χ2n) is 2.93. The number of nitrogens with zero attached hydrogens (tertiary/aromatic N) is 1. The Bertz CT molecular complexity index is 330. The molecule has 1 rings (SSSR count). The molecule has 0 aliphatic rings. The van der Waals surface area contributed by atoms with E-state index in [0.717, 1.165) is 18.6 Å². The van der Waals surface area contributed by atoms with Crippen LogP contribution in [0.2, 0.25) is 0 Å². The first-order valence-corrected chi connectivity index (χ1v) is 4.53. The van der Waals surface area contributed by atoms with Crippen LogP contribution in [-0.4, -0.2) is 19.7 Å². The van der Waals surface area contributed by atoms with Crippen LogP contribution in [0.1, 0.15) is 12.0 Å². The molecule has 0 N–H and O–H groups in total. The predicted octanol–water partition coefficient (Wildman–Crippen LogP) is 1.96. The molecule has 1 aromatic carbocycles. The second kappa shape index (κ2) is 5.95. The van der Waals surface area contributed by atoms with E-state index in [1.54, 1.807) is 7.11 Å². The van der Waals surface area contributed by atoms with Gasteiger partial charge in [-0.05, 0) is 30.5 Å². The van der Waals surface area contributed by atoms with Crippen molar-refractivity contribution in [2.45, 2.75) is 12.8 Å². The van der Waals surface area contributed by atoms with Gasteiger partial charge >= 0.3 is 0 Å². The summed E-state index contributed by atoms with van der Waals surface area (Å²) in [7, 11) is 1.65. The number of methoxy groups -OCH3 is 1. The summed E-state index contributed by atoms with van der Waals surface area (Å²) in [5, 5.41) is 0. The highest BCUT2D eigenvalue weighted by molar-refractivity contribution is 5.32. The number of aliphatic imine (C=N–C) groups is 1. The Hall–Kier alpha value is -1.60. The van der Waals surface area contributed by atoms with Gasteiger partial charge in [0.15, 0.2) is 0 Å². The molecule has 14 heavy (non-hydrogen) atoms. The van der Waals surface area contributed by atoms with Crippen molar-refractivity contribution in [3.8, 4) is 5.75 Å². The normalized spacial score (nSPS) is 9.21. The minimum Gasteiger partial charge on any atom is -0.497 e. The van der Waals surface area contributed by atoms with Crippen LogP contribution in [0.4, 0.5) is 0 Å². The Balaban J connectivity index is 2.45. The lowest BCUT2D eigenvalue weighted by Gasteiger charge is -2.02. The molecule has 0 fully saturated rings. The van der Waals surface area contributed by atoms with E-state index in [0.29, 0.717) is 6.54 Å². The van der Waals surface area contributed by atoms with Crippen molar-refractivity contribution < 1.29 is 9.53 Å². The van der Waals surface area contributed by atoms with Crippen molar-refractivity contribution in [1.82, 2.24) is 0 Å². The van der Waals surface area contributed by atoms with Gasteiger partial charge in [0, 0.05) is 0 Å². The Kier molecular flexibility index (Phi) is 4.45. The average molecular weight is 191 g/mol. The maximum atomic E-state index is 9.80. The van der Waals surface area contributed by atoms with Gasteiger partial charge in [-0.2, -0.15) is 0 Å². The van der Waals surface area contributed by atoms with Gasteiger partial charge in [0.25, 0.3) is 0 Å². The first kappa shape index (κ1) is 10.5. The third kappa shape index (κ3) is 3.42. The third-order valence-corrected chi connectivity index (χ3v) is 1.93. The Morgan fingerprint density at radius 3 is 3.07 bits per heavy atom. The zero-order valence-electron chi connectivity index (χ0n) is 8.19. The molecule has 3 heteroatoms. The summed E-state index contributed by atoms with van der Waals surface area (Å²) >= 11 is 0. The highest BCUT2D eigenvalue weighted by Crippen LogP contribution is 2.13. The molecule has 0 aliphatic carbocycles. The number of benzene rings is 1. The molecule has 0 aromatic heterocycles. The van der Waals surface area contributed by atoms with Gasteiger partial charge in [-0.25, -0.2) is 9.79 Å². The highest BCUT2D eigenvalue weighted by Gasteiger charge is 1.95. The topological polar surface area (TPSA) is 38.7 Å². The molecule has 0 amide bonds. The molecule has 0 unspecified atom stereocenters. The average Bonchev–Trinajstić information content (AvgIpc) is 2.25. The monoisotopic (exact) mass is 191 g/mol. The molecule has 0 radical (unpaired) electrons. The second-order valence-corrected chi connectivity index (χ2v) is 2.93. The molecule has 0 heterocycles. The van der Waals surface area contributed by atoms with Crippen LogP contribution >= 0.6 is 0 Å². The van der Waals surface area contributed by atoms with E-state index in [2.05, 4.69) is 4.99 Å². The first-order valence-electron chi connectivity index (χ1n) is 4.53. The molecule has 0 saturated carbocycles. The van der Waals surface area contributed by atoms with Crippen LogP contribution in [0.5, 0.6) is 5.75 Å². The summed E-state index contributed by atoms with van der Waals surface area (Å²) in [5.74, 6) is 0.862. The Morgan fingerprint density at radius 1 is 1.50 bits per heavy atom. The van der Waals surface area contributed by atoms with Crippen LogP contribution in [0.3, 0.4) is 0 Å². The van der Waals surface area contributed by atoms with Crippen molar-refractivity contribution in [2.75, 3.05) is 13.7 Å². The standard InChI is InChI=1S/C11H13NO2/c1-14-11-6-2-4-10(8-11)5-3-7-12-9-13/h2,4,6,8H,3,5,7H2,1H3. The third-order valence-electron chi connectivity index (χ3n) is 1.93. The van der Waals surface area contributed by atoms with Gasteiger partial charge in [0.1, 0.15) is 5.75 Å². The molecule has 3 nitrogen and oxygen atoms in total. The molecule has 0 spiro atoms. The Labute approximate surface area is 83.4 Å². The van der Waals surface area contributed by atoms with Crippen LogP contribution < -0.4 is 4.74 Å². The number of ether oxygens (including phenoxy) is 1. The summed E-state index contributed by atoms with van der Waals surface area (Å²) in [6, 6.07) is 7.89. The maximum Gasteiger partial charge on any atom is 0.234 e. The van der Waals surface area contributed by atoms with Crippen LogP contribution in [0.15, 0.2) is 29.3 Å². The van der Waals surface area contributed by atoms with Gasteiger partial charge in [-0.3, -0.25) is 0 Å². The summed E-state index contributed by atoms with van der Waals surface area (Å²) in [5.41, 5.74) is 1.20. The van der Waals surface area contributed by atoms with Crippen molar-refractivity contribution >= 4 is 6.08 Å². The highest BCUT2D eigenvalue weighted by atomic mass is 16.5. The van der Waals surface area contributed by atoms with E-state index in [1.165, 1.54) is 11.6 Å². The lowest BCUT2D eigenvalue weighted by molar-refractivity contribution is 0.414. The molecule has 0 saturated heterocycles. The van der Waals surface area contributed by atoms with E-state index in [4.69, 9.17) is 4.74 Å². The number of isocyanates is 1. The summed E-state index contributed by atoms with van der Waals surface area (Å²) < 4.78 is 5.10. The molecular weight excluding hydrogens is 178 g/mol. The van der Waals surface area contributed by atoms with Gasteiger partial charge in [0.05, 0.1) is 13.7 Å². The first-order chi connectivity index (χ1) is 6.86. The summed E-state index contributed by atoms with van der Waals surface area (Å²) in [6.07, 6.45) is 3.30. The molecule has 0 aliphatic heterocycles. The van der Waals surface area contributed by atoms with Crippen LogP contribution in [-0.2, 0) is 11.2 Å². The zero-order valence-corrected chi connectivity index (χ0v) is 8.19. The van der Waals surface area contributed by atoms with E-state index in [-0.39, 0.29) is 0 Å². The minimum atomic E-state index is 0.542. The van der Waals surface area contributed by atoms with Gasteiger partial charge in [-0.15, -0.1) is 0 Å². The molecule has 0 bridgehead atoms. The largest absolute Gasteiger partial charge is 0.497 e. The quantitative estimate of drug-likeness (QED) is 0.405. The minimum absolute atomic E-state index is 0.542. The van der Waals surface area contributed by atoms with Crippen molar-refractivity contribution in [1.29, 1.82) is 0 Å². The fraction of sp³-hybridized carbons (Fsp3) is 0.364. The van der Waals surface area contributed by atoms with Crippen molar-refractivity contribution in [2.24, 2.45) is 4.99 Å². The smallest absolute Gasteiger partial charge is 0.234 e. The Morgan fingerprint density at radius 2 is 2.36 bits per heavy atom. The van der Waals surface area contributed by atoms with Crippen molar-refractivity contribution in [3.05, 3.63) is 29.8 Å². The van der Waals surface area contributed by atoms with E-state index >= 15 is 0 Å². The van der Waals surface area contributed by atoms with Gasteiger partial charge in [0.2, 0.25) is 6.08 Å². The lowest BCUT2D eigenvalue weighted by atomic mass is 10.1.